The van der Waals surface area contributed by atoms with Gasteiger partial charge in [-0.15, -0.1) is 0 Å². The number of rotatable bonds is 5. The highest BCUT2D eigenvalue weighted by Gasteiger charge is 2.33. The van der Waals surface area contributed by atoms with Crippen LogP contribution in [-0.4, -0.2) is 43.8 Å². The number of hydrogen-bond donors (Lipinski definition) is 2. The molecule has 0 saturated heterocycles. The van der Waals surface area contributed by atoms with E-state index in [9.17, 15) is 9.59 Å². The molecule has 0 saturated carbocycles. The van der Waals surface area contributed by atoms with Crippen LogP contribution < -0.4 is 11.1 Å². The van der Waals surface area contributed by atoms with Crippen molar-refractivity contribution in [2.45, 2.75) is 25.2 Å². The second kappa shape index (κ2) is 5.62. The van der Waals surface area contributed by atoms with E-state index < -0.39 is 12.0 Å². The van der Waals surface area contributed by atoms with Gasteiger partial charge in [0.05, 0.1) is 18.7 Å². The van der Waals surface area contributed by atoms with Gasteiger partial charge >= 0.3 is 5.97 Å². The van der Waals surface area contributed by atoms with Gasteiger partial charge in [0.2, 0.25) is 5.91 Å². The van der Waals surface area contributed by atoms with E-state index in [1.54, 1.807) is 19.3 Å². The Morgan fingerprint density at radius 2 is 2.00 bits per heavy atom. The van der Waals surface area contributed by atoms with Crippen LogP contribution >= 0.6 is 0 Å². The molecule has 1 aliphatic carbocycles. The third-order valence-corrected chi connectivity index (χ3v) is 2.28. The molecule has 0 aromatic carbocycles. The highest BCUT2D eigenvalue weighted by Crippen LogP contribution is 2.17. The third kappa shape index (κ3) is 3.32. The number of nitrogens with one attached hydrogen (secondary N) is 1. The van der Waals surface area contributed by atoms with Gasteiger partial charge < -0.3 is 15.2 Å². The molecule has 6 heteroatoms. The molecule has 0 unspecified atom stereocenters. The lowest BCUT2D eigenvalue weighted by Gasteiger charge is -2.24. The van der Waals surface area contributed by atoms with Crippen molar-refractivity contribution in [3.05, 3.63) is 12.2 Å². The van der Waals surface area contributed by atoms with Crippen molar-refractivity contribution < 1.29 is 19.1 Å². The van der Waals surface area contributed by atoms with Crippen molar-refractivity contribution in [1.29, 1.82) is 0 Å². The molecule has 1 amide bonds. The van der Waals surface area contributed by atoms with Crippen molar-refractivity contribution in [2.75, 3.05) is 13.7 Å². The molecule has 16 heavy (non-hydrogen) atoms. The Bertz CT molecular complexity index is 303. The number of amides is 1. The summed E-state index contributed by atoms with van der Waals surface area (Å²) in [6.07, 6.45) is 2.85. The predicted octanol–water partition coefficient (Wildman–Crippen LogP) is -1.05. The van der Waals surface area contributed by atoms with E-state index >= 15 is 0 Å². The van der Waals surface area contributed by atoms with Crippen LogP contribution in [0.5, 0.6) is 0 Å². The summed E-state index contributed by atoms with van der Waals surface area (Å²) in [5.74, 6) is -0.847. The summed E-state index contributed by atoms with van der Waals surface area (Å²) in [6.45, 7) is 1.35. The molecule has 0 spiro atoms. The van der Waals surface area contributed by atoms with E-state index in [1.165, 1.54) is 6.92 Å². The maximum absolute atomic E-state index is 10.9. The second-order valence-electron chi connectivity index (χ2n) is 3.53. The van der Waals surface area contributed by atoms with E-state index in [2.05, 4.69) is 5.32 Å². The molecule has 0 aliphatic heterocycles. The Morgan fingerprint density at radius 3 is 2.50 bits per heavy atom. The summed E-state index contributed by atoms with van der Waals surface area (Å²) in [6, 6.07) is -0.276. The Kier molecular flexibility index (Phi) is 4.45. The summed E-state index contributed by atoms with van der Waals surface area (Å²) >= 11 is 0. The highest BCUT2D eigenvalue weighted by molar-refractivity contribution is 5.76. The minimum atomic E-state index is -0.469. The van der Waals surface area contributed by atoms with E-state index in [0.29, 0.717) is 0 Å². The monoisotopic (exact) mass is 228 g/mol. The maximum atomic E-state index is 10.9. The molecule has 0 radical (unpaired) electrons. The van der Waals surface area contributed by atoms with Gasteiger partial charge in [-0.1, -0.05) is 6.08 Å². The van der Waals surface area contributed by atoms with Gasteiger partial charge in [-0.3, -0.25) is 14.9 Å². The van der Waals surface area contributed by atoms with Gasteiger partial charge in [-0.2, -0.15) is 0 Å². The molecule has 1 rings (SSSR count). The molecular weight excluding hydrogens is 212 g/mol. The standard InChI is InChI=1S/C10H16N2O4/c1-6(13)16-8-4-3-7(15-2)10(8)12-5-9(11)14/h3-4,7-8,10,12H,5H2,1-2H3,(H2,11,14)/t7-,8+,10+/m1/s1. The largest absolute Gasteiger partial charge is 0.457 e. The number of methoxy groups -OCH3 is 1. The molecule has 6 nitrogen and oxygen atoms in total. The number of carbonyl (C=O) groups excluding carboxylic acids is 2. The molecule has 0 fully saturated rings. The lowest BCUT2D eigenvalue weighted by atomic mass is 10.1. The van der Waals surface area contributed by atoms with Crippen LogP contribution in [0.2, 0.25) is 0 Å². The topological polar surface area (TPSA) is 90.7 Å². The van der Waals surface area contributed by atoms with Crippen molar-refractivity contribution in [1.82, 2.24) is 5.32 Å². The van der Waals surface area contributed by atoms with Crippen molar-refractivity contribution in [3.8, 4) is 0 Å². The van der Waals surface area contributed by atoms with Crippen LogP contribution in [0.1, 0.15) is 6.92 Å². The minimum Gasteiger partial charge on any atom is -0.457 e. The SMILES string of the molecule is CO[C@@H]1C=C[C@H](OC(C)=O)[C@H]1NCC(N)=O. The van der Waals surface area contributed by atoms with Gasteiger partial charge in [0, 0.05) is 14.0 Å². The first-order valence-corrected chi connectivity index (χ1v) is 4.94. The van der Waals surface area contributed by atoms with Crippen LogP contribution in [0.3, 0.4) is 0 Å². The lowest BCUT2D eigenvalue weighted by Crippen LogP contribution is -2.48. The quantitative estimate of drug-likeness (QED) is 0.462. The molecule has 3 N–H and O–H groups in total. The first-order valence-electron chi connectivity index (χ1n) is 4.94. The maximum Gasteiger partial charge on any atom is 0.303 e. The molecule has 90 valence electrons. The predicted molar refractivity (Wildman–Crippen MR) is 56.5 cm³/mol. The smallest absolute Gasteiger partial charge is 0.303 e. The van der Waals surface area contributed by atoms with E-state index in [4.69, 9.17) is 15.2 Å². The van der Waals surface area contributed by atoms with Gasteiger partial charge in [0.25, 0.3) is 0 Å². The summed E-state index contributed by atoms with van der Waals surface area (Å²) in [5.41, 5.74) is 5.03. The highest BCUT2D eigenvalue weighted by atomic mass is 16.5. The molecular formula is C10H16N2O4. The molecule has 0 aromatic rings. The van der Waals surface area contributed by atoms with Crippen LogP contribution in [0, 0.1) is 0 Å². The zero-order chi connectivity index (χ0) is 12.1. The number of carbonyl (C=O) groups is 2. The van der Waals surface area contributed by atoms with Crippen LogP contribution in [0.15, 0.2) is 12.2 Å². The number of ether oxygens (including phenoxy) is 2. The number of hydrogen-bond acceptors (Lipinski definition) is 5. The molecule has 3 atom stereocenters. The molecule has 0 heterocycles. The first kappa shape index (κ1) is 12.7. The third-order valence-electron chi connectivity index (χ3n) is 2.28. The fourth-order valence-corrected chi connectivity index (χ4v) is 1.63. The Hall–Kier alpha value is -1.40. The summed E-state index contributed by atoms with van der Waals surface area (Å²) in [4.78, 5) is 21.5. The van der Waals surface area contributed by atoms with Gasteiger partial charge in [-0.05, 0) is 6.08 Å². The second-order valence-corrected chi connectivity index (χ2v) is 3.53. The molecule has 1 aliphatic rings. The average molecular weight is 228 g/mol. The van der Waals surface area contributed by atoms with Crippen molar-refractivity contribution >= 4 is 11.9 Å². The van der Waals surface area contributed by atoms with Crippen LogP contribution in [0.25, 0.3) is 0 Å². The zero-order valence-electron chi connectivity index (χ0n) is 9.30. The normalized spacial score (nSPS) is 28.0. The van der Waals surface area contributed by atoms with Crippen LogP contribution in [0.4, 0.5) is 0 Å². The summed E-state index contributed by atoms with van der Waals surface area (Å²) < 4.78 is 10.2. The zero-order valence-corrected chi connectivity index (χ0v) is 9.30. The van der Waals surface area contributed by atoms with Gasteiger partial charge in [-0.25, -0.2) is 0 Å². The van der Waals surface area contributed by atoms with Gasteiger partial charge in [0.15, 0.2) is 0 Å². The average Bonchev–Trinajstić information content (AvgIpc) is 2.56. The molecule has 0 bridgehead atoms. The lowest BCUT2D eigenvalue weighted by molar-refractivity contribution is -0.145. The van der Waals surface area contributed by atoms with E-state index in [1.807, 2.05) is 0 Å². The minimum absolute atomic E-state index is 0.0178. The van der Waals surface area contributed by atoms with Crippen LogP contribution in [-0.2, 0) is 19.1 Å². The van der Waals surface area contributed by atoms with Gasteiger partial charge in [0.1, 0.15) is 6.10 Å². The molecule has 0 aromatic heterocycles. The number of esters is 1. The first-order chi connectivity index (χ1) is 7.54. The Balaban J connectivity index is 2.58. The van der Waals surface area contributed by atoms with Crippen molar-refractivity contribution in [2.24, 2.45) is 5.73 Å². The summed E-state index contributed by atoms with van der Waals surface area (Å²) in [5, 5.41) is 2.90. The Labute approximate surface area is 93.8 Å². The van der Waals surface area contributed by atoms with E-state index in [-0.39, 0.29) is 24.7 Å². The van der Waals surface area contributed by atoms with E-state index in [0.717, 1.165) is 0 Å². The number of nitrogens with two attached hydrogens (primary N) is 1. The summed E-state index contributed by atoms with van der Waals surface area (Å²) in [7, 11) is 1.55. The van der Waals surface area contributed by atoms with Crippen molar-refractivity contribution in [3.63, 3.8) is 0 Å². The Morgan fingerprint density at radius 1 is 1.38 bits per heavy atom. The number of primary amides is 1. The fraction of sp³-hybridized carbons (Fsp3) is 0.600. The fourth-order valence-electron chi connectivity index (χ4n) is 1.63.